The van der Waals surface area contributed by atoms with Crippen LogP contribution in [0.3, 0.4) is 0 Å². The largest absolute Gasteiger partial charge is 0.416 e. The number of carbonyl (C=O) groups excluding carboxylic acids is 1. The molecule has 0 unspecified atom stereocenters. The monoisotopic (exact) mass is 483 g/mol. The number of piperazine rings is 1. The first kappa shape index (κ1) is 23.2. The lowest BCUT2D eigenvalue weighted by molar-refractivity contribution is -0.137. The summed E-state index contributed by atoms with van der Waals surface area (Å²) in [5.74, 6) is -1.19. The van der Waals surface area contributed by atoms with Crippen molar-refractivity contribution in [3.8, 4) is 0 Å². The Morgan fingerprint density at radius 2 is 1.77 bits per heavy atom. The summed E-state index contributed by atoms with van der Waals surface area (Å²) in [6.07, 6.45) is -4.24. The van der Waals surface area contributed by atoms with E-state index in [1.54, 1.807) is 12.1 Å². The highest BCUT2D eigenvalue weighted by Gasteiger charge is 2.42. The van der Waals surface area contributed by atoms with Crippen molar-refractivity contribution in [3.63, 3.8) is 0 Å². The van der Waals surface area contributed by atoms with Crippen LogP contribution in [0.1, 0.15) is 16.7 Å². The number of amides is 1. The smallest absolute Gasteiger partial charge is 0.368 e. The maximum absolute atomic E-state index is 13.6. The lowest BCUT2D eigenvalue weighted by Gasteiger charge is -2.49. The minimum Gasteiger partial charge on any atom is -0.368 e. The fraction of sp³-hybridized carbons (Fsp3) is 0.296. The second-order valence-corrected chi connectivity index (χ2v) is 9.04. The molecule has 1 N–H and O–H groups in total. The predicted molar refractivity (Wildman–Crippen MR) is 127 cm³/mol. The molecule has 3 aromatic rings. The van der Waals surface area contributed by atoms with Gasteiger partial charge < -0.3 is 15.1 Å². The minimum absolute atomic E-state index is 0.150. The number of halogens is 4. The van der Waals surface area contributed by atoms with Crippen molar-refractivity contribution >= 4 is 17.3 Å². The molecular weight excluding hydrogens is 458 g/mol. The van der Waals surface area contributed by atoms with Gasteiger partial charge in [0.25, 0.3) is 0 Å². The van der Waals surface area contributed by atoms with Crippen LogP contribution in [0, 0.1) is 11.7 Å². The van der Waals surface area contributed by atoms with Gasteiger partial charge in [-0.3, -0.25) is 4.79 Å². The molecule has 0 saturated carbocycles. The van der Waals surface area contributed by atoms with E-state index < -0.39 is 17.7 Å². The third-order valence-corrected chi connectivity index (χ3v) is 6.85. The van der Waals surface area contributed by atoms with Gasteiger partial charge in [-0.2, -0.15) is 13.2 Å². The number of nitrogens with zero attached hydrogens (tertiary/aromatic N) is 2. The number of para-hydroxylation sites is 1. The molecule has 8 heteroatoms. The average molecular weight is 484 g/mol. The molecule has 0 bridgehead atoms. The Morgan fingerprint density at radius 3 is 2.51 bits per heavy atom. The van der Waals surface area contributed by atoms with E-state index in [0.717, 1.165) is 17.4 Å². The zero-order valence-corrected chi connectivity index (χ0v) is 18.9. The van der Waals surface area contributed by atoms with E-state index in [0.29, 0.717) is 30.8 Å². The van der Waals surface area contributed by atoms with Gasteiger partial charge in [0.2, 0.25) is 5.91 Å². The maximum atomic E-state index is 13.6. The van der Waals surface area contributed by atoms with Crippen molar-refractivity contribution in [1.29, 1.82) is 0 Å². The Hall–Kier alpha value is -3.55. The van der Waals surface area contributed by atoms with Gasteiger partial charge in [0.05, 0.1) is 17.5 Å². The molecule has 0 aliphatic carbocycles. The van der Waals surface area contributed by atoms with E-state index >= 15 is 0 Å². The molecule has 4 nitrogen and oxygen atoms in total. The summed E-state index contributed by atoms with van der Waals surface area (Å²) in [6.45, 7) is 2.00. The first-order valence-electron chi connectivity index (χ1n) is 11.6. The number of rotatable bonds is 4. The standard InChI is InChI=1S/C27H25F4N3O/c28-21-6-4-5-18(13-21)16-32-26(35)23-15-19-14-20(27(29,30)31)9-10-24(19)34-12-11-33(17-25(23)34)22-7-2-1-3-8-22/h1-10,13-14,23,25H,11-12,15-17H2,(H,32,35)/t23-,25-/m1/s1. The first-order chi connectivity index (χ1) is 16.8. The summed E-state index contributed by atoms with van der Waals surface area (Å²) in [5, 5.41) is 2.89. The molecule has 0 aromatic heterocycles. The highest BCUT2D eigenvalue weighted by molar-refractivity contribution is 5.82. The summed E-state index contributed by atoms with van der Waals surface area (Å²) >= 11 is 0. The van der Waals surface area contributed by atoms with Crippen LogP contribution in [-0.4, -0.2) is 31.6 Å². The van der Waals surface area contributed by atoms with Crippen LogP contribution >= 0.6 is 0 Å². The van der Waals surface area contributed by atoms with Crippen LogP contribution in [0.5, 0.6) is 0 Å². The van der Waals surface area contributed by atoms with Crippen molar-refractivity contribution in [3.05, 3.63) is 95.3 Å². The van der Waals surface area contributed by atoms with Crippen LogP contribution in [0.4, 0.5) is 28.9 Å². The molecule has 182 valence electrons. The van der Waals surface area contributed by atoms with E-state index in [1.807, 2.05) is 30.3 Å². The Labute approximate surface area is 201 Å². The number of hydrogen-bond donors (Lipinski definition) is 1. The molecule has 1 fully saturated rings. The summed E-state index contributed by atoms with van der Waals surface area (Å²) in [4.78, 5) is 17.7. The molecule has 35 heavy (non-hydrogen) atoms. The van der Waals surface area contributed by atoms with Crippen molar-refractivity contribution in [2.75, 3.05) is 29.4 Å². The van der Waals surface area contributed by atoms with Crippen molar-refractivity contribution < 1.29 is 22.4 Å². The maximum Gasteiger partial charge on any atom is 0.416 e. The van der Waals surface area contributed by atoms with E-state index in [9.17, 15) is 22.4 Å². The molecule has 0 spiro atoms. The number of carbonyl (C=O) groups is 1. The van der Waals surface area contributed by atoms with Gasteiger partial charge in [-0.05, 0) is 60.0 Å². The molecule has 2 heterocycles. The minimum atomic E-state index is -4.45. The summed E-state index contributed by atoms with van der Waals surface area (Å²) < 4.78 is 53.7. The van der Waals surface area contributed by atoms with E-state index in [2.05, 4.69) is 15.1 Å². The summed E-state index contributed by atoms with van der Waals surface area (Å²) in [7, 11) is 0. The zero-order valence-electron chi connectivity index (χ0n) is 18.9. The molecule has 2 atom stereocenters. The van der Waals surface area contributed by atoms with Gasteiger partial charge in [0.15, 0.2) is 0 Å². The number of hydrogen-bond acceptors (Lipinski definition) is 3. The molecule has 2 aliphatic heterocycles. The fourth-order valence-electron chi connectivity index (χ4n) is 5.14. The number of alkyl halides is 3. The van der Waals surface area contributed by atoms with Crippen molar-refractivity contribution in [2.24, 2.45) is 5.92 Å². The fourth-order valence-corrected chi connectivity index (χ4v) is 5.14. The number of benzene rings is 3. The van der Waals surface area contributed by atoms with Crippen LogP contribution in [0.25, 0.3) is 0 Å². The van der Waals surface area contributed by atoms with Gasteiger partial charge in [0, 0.05) is 37.6 Å². The quantitative estimate of drug-likeness (QED) is 0.529. The third-order valence-electron chi connectivity index (χ3n) is 6.85. The van der Waals surface area contributed by atoms with Gasteiger partial charge in [-0.25, -0.2) is 4.39 Å². The Balaban J connectivity index is 1.44. The number of nitrogens with one attached hydrogen (secondary N) is 1. The number of fused-ring (bicyclic) bond motifs is 3. The zero-order chi connectivity index (χ0) is 24.6. The van der Waals surface area contributed by atoms with Gasteiger partial charge >= 0.3 is 6.18 Å². The molecular formula is C27H25F4N3O. The Bertz CT molecular complexity index is 1210. The van der Waals surface area contributed by atoms with Crippen LogP contribution in [0.15, 0.2) is 72.8 Å². The number of anilines is 2. The lowest BCUT2D eigenvalue weighted by Crippen LogP contribution is -2.61. The first-order valence-corrected chi connectivity index (χ1v) is 11.6. The Kier molecular flexibility index (Phi) is 6.13. The molecule has 1 saturated heterocycles. The second kappa shape index (κ2) is 9.24. The molecule has 1 amide bonds. The van der Waals surface area contributed by atoms with Crippen molar-refractivity contribution in [2.45, 2.75) is 25.2 Å². The topological polar surface area (TPSA) is 35.6 Å². The van der Waals surface area contributed by atoms with E-state index in [1.165, 1.54) is 24.3 Å². The van der Waals surface area contributed by atoms with Gasteiger partial charge in [0.1, 0.15) is 5.82 Å². The Morgan fingerprint density at radius 1 is 0.971 bits per heavy atom. The summed E-state index contributed by atoms with van der Waals surface area (Å²) in [5.41, 5.74) is 2.24. The van der Waals surface area contributed by atoms with E-state index in [4.69, 9.17) is 0 Å². The highest BCUT2D eigenvalue weighted by Crippen LogP contribution is 2.40. The van der Waals surface area contributed by atoms with E-state index in [-0.39, 0.29) is 30.7 Å². The SMILES string of the molecule is O=C(NCc1cccc(F)c1)[C@@H]1Cc2cc(C(F)(F)F)ccc2N2CCN(c3ccccc3)C[C@H]12. The normalized spacial score (nSPS) is 19.7. The average Bonchev–Trinajstić information content (AvgIpc) is 2.86. The third kappa shape index (κ3) is 4.83. The van der Waals surface area contributed by atoms with Crippen LogP contribution in [0.2, 0.25) is 0 Å². The van der Waals surface area contributed by atoms with Crippen molar-refractivity contribution in [1.82, 2.24) is 5.32 Å². The van der Waals surface area contributed by atoms with Crippen LogP contribution < -0.4 is 15.1 Å². The van der Waals surface area contributed by atoms with Crippen LogP contribution in [-0.2, 0) is 23.9 Å². The molecule has 3 aromatic carbocycles. The molecule has 2 aliphatic rings. The predicted octanol–water partition coefficient (Wildman–Crippen LogP) is 5.03. The lowest BCUT2D eigenvalue weighted by atomic mass is 9.82. The molecule has 0 radical (unpaired) electrons. The summed E-state index contributed by atoms with van der Waals surface area (Å²) in [6, 6.07) is 19.5. The molecule has 5 rings (SSSR count). The highest BCUT2D eigenvalue weighted by atomic mass is 19.4. The van der Waals surface area contributed by atoms with Gasteiger partial charge in [-0.15, -0.1) is 0 Å². The van der Waals surface area contributed by atoms with Gasteiger partial charge in [-0.1, -0.05) is 30.3 Å². The second-order valence-electron chi connectivity index (χ2n) is 9.04.